The van der Waals surface area contributed by atoms with E-state index in [1.165, 1.54) is 6.92 Å². The summed E-state index contributed by atoms with van der Waals surface area (Å²) in [7, 11) is 0. The van der Waals surface area contributed by atoms with Crippen LogP contribution in [0.15, 0.2) is 42.6 Å². The molecule has 1 aromatic carbocycles. The number of nitrogens with zero attached hydrogens (tertiary/aromatic N) is 3. The number of carbonyl (C=O) groups excluding carboxylic acids is 2. The fourth-order valence-electron chi connectivity index (χ4n) is 3.63. The molecule has 0 spiro atoms. The maximum Gasteiger partial charge on any atom is 0.251 e. The monoisotopic (exact) mass is 421 g/mol. The molecule has 31 heavy (non-hydrogen) atoms. The van der Waals surface area contributed by atoms with Crippen LogP contribution >= 0.6 is 0 Å². The number of aromatic nitrogens is 3. The van der Waals surface area contributed by atoms with Gasteiger partial charge in [-0.2, -0.15) is 0 Å². The van der Waals surface area contributed by atoms with Crippen molar-refractivity contribution in [3.8, 4) is 11.3 Å². The molecule has 1 atom stereocenters. The topological polar surface area (TPSA) is 112 Å². The summed E-state index contributed by atoms with van der Waals surface area (Å²) in [6.07, 6.45) is 4.03. The molecule has 2 amide bonds. The zero-order valence-electron chi connectivity index (χ0n) is 17.5. The minimum atomic E-state index is -0.0674. The first-order valence-electron chi connectivity index (χ1n) is 10.6. The largest absolute Gasteiger partial charge is 0.367 e. The zero-order chi connectivity index (χ0) is 21.6. The van der Waals surface area contributed by atoms with Gasteiger partial charge in [0.25, 0.3) is 5.91 Å². The first-order chi connectivity index (χ1) is 15.1. The van der Waals surface area contributed by atoms with Crippen molar-refractivity contribution >= 4 is 23.3 Å². The van der Waals surface area contributed by atoms with E-state index < -0.39 is 0 Å². The number of rotatable bonds is 8. The highest BCUT2D eigenvalue weighted by atomic mass is 16.2. The lowest BCUT2D eigenvalue weighted by Gasteiger charge is -2.11. The summed E-state index contributed by atoms with van der Waals surface area (Å²) >= 11 is 0. The van der Waals surface area contributed by atoms with Crippen LogP contribution in [-0.2, 0) is 4.79 Å². The summed E-state index contributed by atoms with van der Waals surface area (Å²) in [5.41, 5.74) is 3.11. The SMILES string of the molecule is CC(=O)NCCNc1ccc2ncc(-c3ccc(C(=O)NC[C@@H]4CCCN4)cc3)n2n1. The third-order valence-corrected chi connectivity index (χ3v) is 5.28. The van der Waals surface area contributed by atoms with Crippen LogP contribution < -0.4 is 21.3 Å². The summed E-state index contributed by atoms with van der Waals surface area (Å²) in [4.78, 5) is 27.8. The Kier molecular flexibility index (Phi) is 6.42. The first kappa shape index (κ1) is 20.8. The van der Waals surface area contributed by atoms with Crippen molar-refractivity contribution in [2.45, 2.75) is 25.8 Å². The minimum absolute atomic E-state index is 0.0607. The van der Waals surface area contributed by atoms with Crippen molar-refractivity contribution in [3.05, 3.63) is 48.2 Å². The molecule has 4 N–H and O–H groups in total. The highest BCUT2D eigenvalue weighted by Gasteiger charge is 2.15. The Morgan fingerprint density at radius 1 is 1.13 bits per heavy atom. The van der Waals surface area contributed by atoms with Gasteiger partial charge in [0.1, 0.15) is 5.82 Å². The van der Waals surface area contributed by atoms with Crippen LogP contribution in [0.4, 0.5) is 5.82 Å². The van der Waals surface area contributed by atoms with Crippen LogP contribution in [0.1, 0.15) is 30.1 Å². The van der Waals surface area contributed by atoms with Crippen molar-refractivity contribution in [1.29, 1.82) is 0 Å². The van der Waals surface area contributed by atoms with Gasteiger partial charge >= 0.3 is 0 Å². The van der Waals surface area contributed by atoms with E-state index >= 15 is 0 Å². The average molecular weight is 422 g/mol. The maximum atomic E-state index is 12.4. The Morgan fingerprint density at radius 2 is 1.97 bits per heavy atom. The molecule has 9 nitrogen and oxygen atoms in total. The van der Waals surface area contributed by atoms with Crippen molar-refractivity contribution in [2.75, 3.05) is 31.5 Å². The summed E-state index contributed by atoms with van der Waals surface area (Å²) in [6, 6.07) is 11.6. The van der Waals surface area contributed by atoms with E-state index in [0.717, 1.165) is 36.3 Å². The van der Waals surface area contributed by atoms with Crippen molar-refractivity contribution in [1.82, 2.24) is 30.5 Å². The zero-order valence-corrected chi connectivity index (χ0v) is 17.5. The molecule has 1 aliphatic heterocycles. The molecule has 0 unspecified atom stereocenters. The lowest BCUT2D eigenvalue weighted by molar-refractivity contribution is -0.118. The quantitative estimate of drug-likeness (QED) is 0.409. The number of amides is 2. The molecule has 1 fully saturated rings. The number of imidazole rings is 1. The van der Waals surface area contributed by atoms with Gasteiger partial charge in [-0.3, -0.25) is 9.59 Å². The summed E-state index contributed by atoms with van der Waals surface area (Å²) < 4.78 is 1.77. The molecule has 162 valence electrons. The van der Waals surface area contributed by atoms with Gasteiger partial charge in [0.05, 0.1) is 11.9 Å². The number of hydrogen-bond donors (Lipinski definition) is 4. The predicted molar refractivity (Wildman–Crippen MR) is 119 cm³/mol. The standard InChI is InChI=1S/C22H27N7O2/c1-15(30)23-11-12-25-20-8-9-21-26-14-19(29(21)28-20)16-4-6-17(7-5-16)22(31)27-13-18-3-2-10-24-18/h4-9,14,18,24H,2-3,10-13H2,1H3,(H,23,30)(H,25,28)(H,27,31)/t18-/m0/s1. The van der Waals surface area contributed by atoms with E-state index in [4.69, 9.17) is 0 Å². The lowest BCUT2D eigenvalue weighted by Crippen LogP contribution is -2.37. The Hall–Kier alpha value is -3.46. The Balaban J connectivity index is 1.43. The predicted octanol–water partition coefficient (Wildman–Crippen LogP) is 1.43. The van der Waals surface area contributed by atoms with Gasteiger partial charge in [0.15, 0.2) is 5.65 Å². The summed E-state index contributed by atoms with van der Waals surface area (Å²) in [6.45, 7) is 4.25. The maximum absolute atomic E-state index is 12.4. The van der Waals surface area contributed by atoms with Crippen LogP contribution in [0.2, 0.25) is 0 Å². The Bertz CT molecular complexity index is 1060. The summed E-state index contributed by atoms with van der Waals surface area (Å²) in [5, 5.41) is 16.9. The third kappa shape index (κ3) is 5.18. The number of nitrogens with one attached hydrogen (secondary N) is 4. The molecule has 0 bridgehead atoms. The van der Waals surface area contributed by atoms with Gasteiger partial charge < -0.3 is 21.3 Å². The van der Waals surface area contributed by atoms with E-state index in [0.29, 0.717) is 37.1 Å². The number of anilines is 1. The molecule has 0 radical (unpaired) electrons. The first-order valence-corrected chi connectivity index (χ1v) is 10.6. The molecule has 0 aliphatic carbocycles. The molecule has 1 saturated heterocycles. The summed E-state index contributed by atoms with van der Waals surface area (Å²) in [5.74, 6) is 0.560. The number of hydrogen-bond acceptors (Lipinski definition) is 6. The van der Waals surface area contributed by atoms with Crippen molar-refractivity contribution in [2.24, 2.45) is 0 Å². The molecule has 3 heterocycles. The smallest absolute Gasteiger partial charge is 0.251 e. The Morgan fingerprint density at radius 3 is 2.71 bits per heavy atom. The second-order valence-electron chi connectivity index (χ2n) is 7.62. The van der Waals surface area contributed by atoms with E-state index in [9.17, 15) is 9.59 Å². The molecule has 9 heteroatoms. The van der Waals surface area contributed by atoms with Gasteiger partial charge in [0.2, 0.25) is 5.91 Å². The van der Waals surface area contributed by atoms with Crippen LogP contribution in [0, 0.1) is 0 Å². The fraction of sp³-hybridized carbons (Fsp3) is 0.364. The van der Waals surface area contributed by atoms with Crippen molar-refractivity contribution < 1.29 is 9.59 Å². The van der Waals surface area contributed by atoms with Gasteiger partial charge in [0, 0.05) is 43.7 Å². The van der Waals surface area contributed by atoms with E-state index in [1.807, 2.05) is 36.4 Å². The van der Waals surface area contributed by atoms with E-state index in [1.54, 1.807) is 10.7 Å². The van der Waals surface area contributed by atoms with Crippen LogP contribution in [-0.4, -0.2) is 58.6 Å². The van der Waals surface area contributed by atoms with Gasteiger partial charge in [-0.05, 0) is 43.7 Å². The second-order valence-corrected chi connectivity index (χ2v) is 7.62. The number of fused-ring (bicyclic) bond motifs is 1. The van der Waals surface area contributed by atoms with E-state index in [-0.39, 0.29) is 11.8 Å². The number of carbonyl (C=O) groups is 2. The van der Waals surface area contributed by atoms with Gasteiger partial charge in [-0.15, -0.1) is 5.10 Å². The normalized spacial score (nSPS) is 15.7. The van der Waals surface area contributed by atoms with Gasteiger partial charge in [-0.25, -0.2) is 9.50 Å². The van der Waals surface area contributed by atoms with Crippen LogP contribution in [0.25, 0.3) is 16.9 Å². The van der Waals surface area contributed by atoms with E-state index in [2.05, 4.69) is 31.3 Å². The van der Waals surface area contributed by atoms with Crippen LogP contribution in [0.5, 0.6) is 0 Å². The lowest BCUT2D eigenvalue weighted by atomic mass is 10.1. The van der Waals surface area contributed by atoms with Gasteiger partial charge in [-0.1, -0.05) is 12.1 Å². The second kappa shape index (κ2) is 9.57. The van der Waals surface area contributed by atoms with Crippen molar-refractivity contribution in [3.63, 3.8) is 0 Å². The number of benzene rings is 1. The molecule has 3 aromatic rings. The van der Waals surface area contributed by atoms with Crippen LogP contribution in [0.3, 0.4) is 0 Å². The molecule has 2 aromatic heterocycles. The highest BCUT2D eigenvalue weighted by Crippen LogP contribution is 2.21. The highest BCUT2D eigenvalue weighted by molar-refractivity contribution is 5.94. The molecule has 4 rings (SSSR count). The average Bonchev–Trinajstić information content (AvgIpc) is 3.45. The Labute approximate surface area is 180 Å². The molecule has 0 saturated carbocycles. The molecular weight excluding hydrogens is 394 g/mol. The fourth-order valence-corrected chi connectivity index (χ4v) is 3.63. The third-order valence-electron chi connectivity index (χ3n) is 5.28. The molecule has 1 aliphatic rings. The molecular formula is C22H27N7O2. The minimum Gasteiger partial charge on any atom is -0.367 e.